The summed E-state index contributed by atoms with van der Waals surface area (Å²) in [5, 5.41) is 0. The molecule has 4 saturated heterocycles. The quantitative estimate of drug-likeness (QED) is 0.575. The van der Waals surface area contributed by atoms with E-state index < -0.39 is 22.7 Å². The molecular formula is C16H21NO5. The highest BCUT2D eigenvalue weighted by molar-refractivity contribution is 6.14. The number of hydrogen-bond donors (Lipinski definition) is 0. The van der Waals surface area contributed by atoms with E-state index in [9.17, 15) is 14.4 Å². The van der Waals surface area contributed by atoms with Crippen molar-refractivity contribution in [2.75, 3.05) is 13.2 Å². The Labute approximate surface area is 129 Å². The Morgan fingerprint density at radius 2 is 2.18 bits per heavy atom. The molecule has 4 fully saturated rings. The molecule has 6 nitrogen and oxygen atoms in total. The van der Waals surface area contributed by atoms with Crippen molar-refractivity contribution in [3.05, 3.63) is 0 Å². The second-order valence-electron chi connectivity index (χ2n) is 6.86. The lowest BCUT2D eigenvalue weighted by atomic mass is 9.57. The second kappa shape index (κ2) is 4.10. The minimum atomic E-state index is -1.49. The third kappa shape index (κ3) is 1.18. The van der Waals surface area contributed by atoms with Gasteiger partial charge in [-0.05, 0) is 26.2 Å². The molecule has 1 amide bonds. The molecule has 0 saturated carbocycles. The molecule has 0 aromatic carbocycles. The number of ether oxygens (including phenoxy) is 2. The molecule has 4 atom stereocenters. The van der Waals surface area contributed by atoms with Gasteiger partial charge in [-0.25, -0.2) is 4.79 Å². The molecule has 4 aliphatic rings. The van der Waals surface area contributed by atoms with Crippen molar-refractivity contribution >= 4 is 17.7 Å². The average Bonchev–Trinajstić information content (AvgIpc) is 3.04. The summed E-state index contributed by atoms with van der Waals surface area (Å²) in [4.78, 5) is 39.9. The van der Waals surface area contributed by atoms with Crippen LogP contribution < -0.4 is 0 Å². The van der Waals surface area contributed by atoms with Crippen LogP contribution in [0.3, 0.4) is 0 Å². The largest absolute Gasteiger partial charge is 0.464 e. The first-order valence-electron chi connectivity index (χ1n) is 8.21. The van der Waals surface area contributed by atoms with E-state index in [1.807, 2.05) is 6.92 Å². The van der Waals surface area contributed by atoms with Crippen LogP contribution in [0.4, 0.5) is 0 Å². The summed E-state index contributed by atoms with van der Waals surface area (Å²) in [5.74, 6) is -0.757. The lowest BCUT2D eigenvalue weighted by Crippen LogP contribution is -2.64. The molecule has 4 aliphatic heterocycles. The Morgan fingerprint density at radius 3 is 2.86 bits per heavy atom. The lowest BCUT2D eigenvalue weighted by molar-refractivity contribution is -0.206. The zero-order valence-corrected chi connectivity index (χ0v) is 13.0. The van der Waals surface area contributed by atoms with Crippen LogP contribution in [0, 0.1) is 11.3 Å². The smallest absolute Gasteiger partial charge is 0.346 e. The van der Waals surface area contributed by atoms with E-state index in [0.717, 1.165) is 6.42 Å². The van der Waals surface area contributed by atoms with Crippen molar-refractivity contribution in [3.63, 3.8) is 0 Å². The summed E-state index contributed by atoms with van der Waals surface area (Å²) in [6, 6.07) is 0. The van der Waals surface area contributed by atoms with Gasteiger partial charge in [0.2, 0.25) is 11.5 Å². The number of piperidine rings is 1. The number of rotatable bonds is 3. The minimum Gasteiger partial charge on any atom is -0.464 e. The van der Waals surface area contributed by atoms with E-state index in [4.69, 9.17) is 9.47 Å². The molecule has 0 aromatic rings. The molecule has 4 rings (SSSR count). The molecule has 0 unspecified atom stereocenters. The summed E-state index contributed by atoms with van der Waals surface area (Å²) in [6.45, 7) is 4.51. The highest BCUT2D eigenvalue weighted by Crippen LogP contribution is 2.69. The molecular weight excluding hydrogens is 286 g/mol. The topological polar surface area (TPSA) is 72.9 Å². The van der Waals surface area contributed by atoms with Crippen LogP contribution in [0.1, 0.15) is 46.0 Å². The maximum Gasteiger partial charge on any atom is 0.346 e. The molecule has 22 heavy (non-hydrogen) atoms. The van der Waals surface area contributed by atoms with E-state index in [0.29, 0.717) is 25.8 Å². The van der Waals surface area contributed by atoms with Gasteiger partial charge in [0.25, 0.3) is 0 Å². The van der Waals surface area contributed by atoms with Crippen LogP contribution in [-0.4, -0.2) is 47.0 Å². The predicted octanol–water partition coefficient (Wildman–Crippen LogP) is 1.03. The van der Waals surface area contributed by atoms with E-state index in [2.05, 4.69) is 0 Å². The third-order valence-corrected chi connectivity index (χ3v) is 6.22. The Morgan fingerprint density at radius 1 is 1.41 bits per heavy atom. The number of fused-ring (bicyclic) bond motifs is 1. The zero-order valence-electron chi connectivity index (χ0n) is 13.0. The van der Waals surface area contributed by atoms with Crippen molar-refractivity contribution < 1.29 is 23.9 Å². The van der Waals surface area contributed by atoms with Crippen molar-refractivity contribution in [1.82, 2.24) is 4.90 Å². The maximum atomic E-state index is 13.2. The Hall–Kier alpha value is -1.43. The number of hydrogen-bond acceptors (Lipinski definition) is 5. The second-order valence-corrected chi connectivity index (χ2v) is 6.86. The molecule has 4 heterocycles. The fourth-order valence-corrected chi connectivity index (χ4v) is 5.48. The molecule has 2 bridgehead atoms. The number of carbonyl (C=O) groups is 3. The first-order chi connectivity index (χ1) is 10.5. The molecule has 1 spiro atoms. The summed E-state index contributed by atoms with van der Waals surface area (Å²) >= 11 is 0. The van der Waals surface area contributed by atoms with Crippen molar-refractivity contribution in [2.24, 2.45) is 11.3 Å². The van der Waals surface area contributed by atoms with E-state index in [-0.39, 0.29) is 30.6 Å². The monoisotopic (exact) mass is 307 g/mol. The van der Waals surface area contributed by atoms with Crippen LogP contribution in [0.2, 0.25) is 0 Å². The molecule has 0 aromatic heterocycles. The van der Waals surface area contributed by atoms with Gasteiger partial charge in [-0.3, -0.25) is 9.59 Å². The highest BCUT2D eigenvalue weighted by Gasteiger charge is 2.85. The Bertz CT molecular complexity index is 589. The molecule has 0 aliphatic carbocycles. The predicted molar refractivity (Wildman–Crippen MR) is 74.6 cm³/mol. The molecule has 0 radical (unpaired) electrons. The Balaban J connectivity index is 1.89. The lowest BCUT2D eigenvalue weighted by Gasteiger charge is -2.51. The van der Waals surface area contributed by atoms with Crippen LogP contribution >= 0.6 is 0 Å². The molecule has 0 N–H and O–H groups in total. The van der Waals surface area contributed by atoms with Gasteiger partial charge in [-0.2, -0.15) is 0 Å². The van der Waals surface area contributed by atoms with E-state index in [1.54, 1.807) is 11.8 Å². The van der Waals surface area contributed by atoms with Gasteiger partial charge in [-0.15, -0.1) is 0 Å². The van der Waals surface area contributed by atoms with Crippen molar-refractivity contribution in [1.29, 1.82) is 0 Å². The normalized spacial score (nSPS) is 45.4. The third-order valence-electron chi connectivity index (χ3n) is 6.22. The highest BCUT2D eigenvalue weighted by atomic mass is 16.6. The number of nitrogens with zero attached hydrogens (tertiary/aromatic N) is 1. The van der Waals surface area contributed by atoms with Crippen LogP contribution in [0.25, 0.3) is 0 Å². The van der Waals surface area contributed by atoms with Gasteiger partial charge < -0.3 is 14.4 Å². The van der Waals surface area contributed by atoms with Crippen LogP contribution in [0.5, 0.6) is 0 Å². The van der Waals surface area contributed by atoms with E-state index >= 15 is 0 Å². The fraction of sp³-hybridized carbons (Fsp3) is 0.812. The molecule has 6 heteroatoms. The van der Waals surface area contributed by atoms with Crippen LogP contribution in [0.15, 0.2) is 0 Å². The number of amides is 1. The number of esters is 1. The van der Waals surface area contributed by atoms with Gasteiger partial charge in [0, 0.05) is 25.3 Å². The minimum absolute atomic E-state index is 0.0506. The fourth-order valence-electron chi connectivity index (χ4n) is 5.48. The number of carbonyl (C=O) groups excluding carboxylic acids is 3. The summed E-state index contributed by atoms with van der Waals surface area (Å²) in [5.41, 5.74) is -3.13. The summed E-state index contributed by atoms with van der Waals surface area (Å²) in [6.07, 6.45) is 2.71. The zero-order chi connectivity index (χ0) is 15.8. The SMILES string of the molecule is CCOC(=O)[C@]12C[C@H]3CC(=O)N4CCC[C@@](CC)(C1=O)[C@]34O2. The van der Waals surface area contributed by atoms with Gasteiger partial charge in [0.15, 0.2) is 11.5 Å². The first kappa shape index (κ1) is 14.2. The molecule has 120 valence electrons. The van der Waals surface area contributed by atoms with Gasteiger partial charge in [0.1, 0.15) is 0 Å². The number of Topliss-reactive ketones (excluding diaryl/α,β-unsaturated/α-hetero) is 1. The van der Waals surface area contributed by atoms with Gasteiger partial charge in [-0.1, -0.05) is 6.92 Å². The van der Waals surface area contributed by atoms with Crippen molar-refractivity contribution in [3.8, 4) is 0 Å². The van der Waals surface area contributed by atoms with E-state index in [1.165, 1.54) is 0 Å². The average molecular weight is 307 g/mol. The maximum absolute atomic E-state index is 13.2. The summed E-state index contributed by atoms with van der Waals surface area (Å²) in [7, 11) is 0. The standard InChI is InChI=1S/C16H21NO5/c1-3-14-6-5-7-17-11(18)8-10-9-15(12(14)19,13(20)21-4-2)22-16(10,14)17/h10H,3-9H2,1-2H3/t10-,14+,15+,16-/m1/s1. The first-order valence-corrected chi connectivity index (χ1v) is 8.21. The van der Waals surface area contributed by atoms with Crippen molar-refractivity contribution in [2.45, 2.75) is 57.3 Å². The van der Waals surface area contributed by atoms with Gasteiger partial charge in [0.05, 0.1) is 12.0 Å². The summed E-state index contributed by atoms with van der Waals surface area (Å²) < 4.78 is 11.4. The van der Waals surface area contributed by atoms with Crippen LogP contribution in [-0.2, 0) is 23.9 Å². The Kier molecular flexibility index (Phi) is 2.64. The number of ketones is 1. The van der Waals surface area contributed by atoms with Gasteiger partial charge >= 0.3 is 5.97 Å².